The van der Waals surface area contributed by atoms with Gasteiger partial charge in [-0.05, 0) is 31.5 Å². The Morgan fingerprint density at radius 1 is 1.19 bits per heavy atom. The number of halogens is 1. The first-order valence-electron chi connectivity index (χ1n) is 8.93. The van der Waals surface area contributed by atoms with Gasteiger partial charge < -0.3 is 21.1 Å². The SMILES string of the molecule is CCN(CC(=O)O)C1CC(NC(=O)NCCNC(=O)c2ccccc2F)C1. The van der Waals surface area contributed by atoms with Crippen LogP contribution in [0.25, 0.3) is 0 Å². The smallest absolute Gasteiger partial charge is 0.317 e. The molecule has 1 aliphatic carbocycles. The normalized spacial score (nSPS) is 18.5. The van der Waals surface area contributed by atoms with Gasteiger partial charge in [0.1, 0.15) is 5.82 Å². The van der Waals surface area contributed by atoms with E-state index in [1.165, 1.54) is 18.2 Å². The summed E-state index contributed by atoms with van der Waals surface area (Å²) in [6.07, 6.45) is 1.41. The molecule has 8 nitrogen and oxygen atoms in total. The topological polar surface area (TPSA) is 111 Å². The lowest BCUT2D eigenvalue weighted by molar-refractivity contribution is -0.139. The number of hydrogen-bond donors (Lipinski definition) is 4. The Labute approximate surface area is 157 Å². The number of likely N-dealkylation sites (N-methyl/N-ethyl adjacent to an activating group) is 1. The fourth-order valence-corrected chi connectivity index (χ4v) is 3.01. The van der Waals surface area contributed by atoms with Gasteiger partial charge in [-0.25, -0.2) is 9.18 Å². The zero-order valence-electron chi connectivity index (χ0n) is 15.2. The Morgan fingerprint density at radius 3 is 2.48 bits per heavy atom. The van der Waals surface area contributed by atoms with Gasteiger partial charge in [0.2, 0.25) is 0 Å². The maximum Gasteiger partial charge on any atom is 0.317 e. The van der Waals surface area contributed by atoms with Crippen molar-refractivity contribution in [2.75, 3.05) is 26.2 Å². The van der Waals surface area contributed by atoms with Crippen LogP contribution in [0.2, 0.25) is 0 Å². The largest absolute Gasteiger partial charge is 0.480 e. The Morgan fingerprint density at radius 2 is 1.85 bits per heavy atom. The highest BCUT2D eigenvalue weighted by atomic mass is 19.1. The summed E-state index contributed by atoms with van der Waals surface area (Å²) in [6.45, 7) is 2.95. The van der Waals surface area contributed by atoms with Gasteiger partial charge in [-0.3, -0.25) is 14.5 Å². The van der Waals surface area contributed by atoms with Gasteiger partial charge in [-0.2, -0.15) is 0 Å². The third-order valence-corrected chi connectivity index (χ3v) is 4.52. The van der Waals surface area contributed by atoms with Crippen molar-refractivity contribution in [3.63, 3.8) is 0 Å². The van der Waals surface area contributed by atoms with E-state index in [1.807, 2.05) is 11.8 Å². The summed E-state index contributed by atoms with van der Waals surface area (Å²) >= 11 is 0. The third kappa shape index (κ3) is 6.21. The first-order chi connectivity index (χ1) is 12.9. The number of carboxylic acids is 1. The van der Waals surface area contributed by atoms with Gasteiger partial charge in [0.15, 0.2) is 0 Å². The zero-order chi connectivity index (χ0) is 19.8. The summed E-state index contributed by atoms with van der Waals surface area (Å²) in [5.41, 5.74) is -0.0377. The molecule has 1 saturated carbocycles. The molecular formula is C18H25FN4O4. The Balaban J connectivity index is 1.60. The summed E-state index contributed by atoms with van der Waals surface area (Å²) in [6, 6.07) is 5.50. The molecule has 1 fully saturated rings. The van der Waals surface area contributed by atoms with Gasteiger partial charge in [-0.15, -0.1) is 0 Å². The maximum atomic E-state index is 13.5. The number of amides is 3. The summed E-state index contributed by atoms with van der Waals surface area (Å²) < 4.78 is 13.5. The Kier molecular flexibility index (Phi) is 7.54. The third-order valence-electron chi connectivity index (χ3n) is 4.52. The van der Waals surface area contributed by atoms with Crippen LogP contribution < -0.4 is 16.0 Å². The molecule has 0 bridgehead atoms. The van der Waals surface area contributed by atoms with Gasteiger partial charge in [-0.1, -0.05) is 19.1 Å². The summed E-state index contributed by atoms with van der Waals surface area (Å²) in [7, 11) is 0. The van der Waals surface area contributed by atoms with Crippen LogP contribution in [0.1, 0.15) is 30.1 Å². The Hall–Kier alpha value is -2.68. The molecule has 9 heteroatoms. The predicted octanol–water partition coefficient (Wildman–Crippen LogP) is 0.792. The van der Waals surface area contributed by atoms with E-state index in [0.29, 0.717) is 19.4 Å². The predicted molar refractivity (Wildman–Crippen MR) is 97.0 cm³/mol. The molecule has 148 valence electrons. The second-order valence-electron chi connectivity index (χ2n) is 6.41. The number of carbonyl (C=O) groups excluding carboxylic acids is 2. The quantitative estimate of drug-likeness (QED) is 0.474. The summed E-state index contributed by atoms with van der Waals surface area (Å²) in [4.78, 5) is 36.3. The first-order valence-corrected chi connectivity index (χ1v) is 8.93. The van der Waals surface area contributed by atoms with Crippen molar-refractivity contribution in [1.82, 2.24) is 20.9 Å². The molecule has 1 aromatic carbocycles. The van der Waals surface area contributed by atoms with Gasteiger partial charge >= 0.3 is 12.0 Å². The van der Waals surface area contributed by atoms with Crippen molar-refractivity contribution in [3.8, 4) is 0 Å². The Bertz CT molecular complexity index is 679. The molecule has 4 N–H and O–H groups in total. The average molecular weight is 380 g/mol. The number of urea groups is 1. The highest BCUT2D eigenvalue weighted by Crippen LogP contribution is 2.25. The summed E-state index contributed by atoms with van der Waals surface area (Å²) in [5.74, 6) is -1.98. The van der Waals surface area contributed by atoms with Crippen molar-refractivity contribution in [2.24, 2.45) is 0 Å². The van der Waals surface area contributed by atoms with Crippen LogP contribution in [0.3, 0.4) is 0 Å². The highest BCUT2D eigenvalue weighted by Gasteiger charge is 2.34. The lowest BCUT2D eigenvalue weighted by Crippen LogP contribution is -2.56. The number of carbonyl (C=O) groups is 3. The van der Waals surface area contributed by atoms with Gasteiger partial charge in [0.25, 0.3) is 5.91 Å². The monoisotopic (exact) mass is 380 g/mol. The van der Waals surface area contributed by atoms with Crippen LogP contribution in [0, 0.1) is 5.82 Å². The molecule has 0 aromatic heterocycles. The van der Waals surface area contributed by atoms with Crippen molar-refractivity contribution in [2.45, 2.75) is 31.8 Å². The summed E-state index contributed by atoms with van der Waals surface area (Å²) in [5, 5.41) is 16.8. The molecule has 1 aliphatic rings. The van der Waals surface area contributed by atoms with Crippen LogP contribution in [0.15, 0.2) is 24.3 Å². The molecule has 3 amide bonds. The molecule has 27 heavy (non-hydrogen) atoms. The molecule has 0 radical (unpaired) electrons. The van der Waals surface area contributed by atoms with Gasteiger partial charge in [0, 0.05) is 25.2 Å². The minimum absolute atomic E-state index is 0.00178. The van der Waals surface area contributed by atoms with Gasteiger partial charge in [0.05, 0.1) is 12.1 Å². The van der Waals surface area contributed by atoms with Crippen molar-refractivity contribution in [1.29, 1.82) is 0 Å². The van der Waals surface area contributed by atoms with E-state index >= 15 is 0 Å². The van der Waals surface area contributed by atoms with Crippen LogP contribution in [-0.2, 0) is 4.79 Å². The van der Waals surface area contributed by atoms with E-state index in [-0.39, 0.29) is 43.3 Å². The molecule has 0 spiro atoms. The fraction of sp³-hybridized carbons (Fsp3) is 0.500. The number of rotatable bonds is 9. The van der Waals surface area contributed by atoms with Crippen molar-refractivity contribution >= 4 is 17.9 Å². The number of aliphatic carboxylic acids is 1. The minimum Gasteiger partial charge on any atom is -0.480 e. The number of benzene rings is 1. The molecule has 0 aliphatic heterocycles. The molecule has 0 heterocycles. The van der Waals surface area contributed by atoms with E-state index in [2.05, 4.69) is 16.0 Å². The van der Waals surface area contributed by atoms with E-state index in [4.69, 9.17) is 5.11 Å². The average Bonchev–Trinajstić information content (AvgIpc) is 2.59. The molecule has 2 rings (SSSR count). The zero-order valence-corrected chi connectivity index (χ0v) is 15.2. The lowest BCUT2D eigenvalue weighted by atomic mass is 9.85. The van der Waals surface area contributed by atoms with E-state index < -0.39 is 17.7 Å². The second kappa shape index (κ2) is 9.86. The standard InChI is InChI=1S/C18H25FN4O4/c1-2-23(11-16(24)25)13-9-12(10-13)22-18(27)21-8-7-20-17(26)14-5-3-4-6-15(14)19/h3-6,12-13H,2,7-11H2,1H3,(H,20,26)(H,24,25)(H2,21,22,27). The van der Waals surface area contributed by atoms with Crippen molar-refractivity contribution < 1.29 is 23.9 Å². The minimum atomic E-state index is -0.858. The molecule has 0 saturated heterocycles. The van der Waals surface area contributed by atoms with Crippen LogP contribution in [-0.4, -0.2) is 66.2 Å². The van der Waals surface area contributed by atoms with Crippen LogP contribution >= 0.6 is 0 Å². The molecule has 0 unspecified atom stereocenters. The first kappa shape index (κ1) is 20.6. The second-order valence-corrected chi connectivity index (χ2v) is 6.41. The number of nitrogens with zero attached hydrogens (tertiary/aromatic N) is 1. The van der Waals surface area contributed by atoms with Crippen LogP contribution in [0.4, 0.5) is 9.18 Å². The fourth-order valence-electron chi connectivity index (χ4n) is 3.01. The molecule has 1 aromatic rings. The number of carboxylic acid groups (broad SMARTS) is 1. The molecule has 0 atom stereocenters. The number of nitrogens with one attached hydrogen (secondary N) is 3. The lowest BCUT2D eigenvalue weighted by Gasteiger charge is -2.42. The highest BCUT2D eigenvalue weighted by molar-refractivity contribution is 5.94. The molecular weight excluding hydrogens is 355 g/mol. The van der Waals surface area contributed by atoms with Crippen molar-refractivity contribution in [3.05, 3.63) is 35.6 Å². The number of hydrogen-bond acceptors (Lipinski definition) is 4. The van der Waals surface area contributed by atoms with E-state index in [0.717, 1.165) is 0 Å². The van der Waals surface area contributed by atoms with Crippen LogP contribution in [0.5, 0.6) is 0 Å². The van der Waals surface area contributed by atoms with E-state index in [1.54, 1.807) is 6.07 Å². The maximum absolute atomic E-state index is 13.5. The van der Waals surface area contributed by atoms with E-state index in [9.17, 15) is 18.8 Å².